The van der Waals surface area contributed by atoms with E-state index in [-0.39, 0.29) is 0 Å². The Balaban J connectivity index is 2.03. The van der Waals surface area contributed by atoms with Gasteiger partial charge in [0.1, 0.15) is 0 Å². The summed E-state index contributed by atoms with van der Waals surface area (Å²) < 4.78 is 0. The second kappa shape index (κ2) is 8.08. The van der Waals surface area contributed by atoms with Crippen molar-refractivity contribution in [3.63, 3.8) is 0 Å². The predicted octanol–water partition coefficient (Wildman–Crippen LogP) is 3.02. The van der Waals surface area contributed by atoms with Crippen molar-refractivity contribution in [2.24, 2.45) is 11.7 Å². The van der Waals surface area contributed by atoms with Crippen molar-refractivity contribution in [3.05, 3.63) is 0 Å². The van der Waals surface area contributed by atoms with Gasteiger partial charge in [-0.3, -0.25) is 0 Å². The zero-order chi connectivity index (χ0) is 11.8. The van der Waals surface area contributed by atoms with Crippen LogP contribution in [0.1, 0.15) is 58.3 Å². The van der Waals surface area contributed by atoms with E-state index < -0.39 is 0 Å². The lowest BCUT2D eigenvalue weighted by atomic mass is 9.87. The highest BCUT2D eigenvalue weighted by atomic mass is 15.1. The molecule has 0 aromatic rings. The minimum Gasteiger partial charge on any atom is -0.330 e. The highest BCUT2D eigenvalue weighted by Crippen LogP contribution is 2.26. The fourth-order valence-corrected chi connectivity index (χ4v) is 2.72. The summed E-state index contributed by atoms with van der Waals surface area (Å²) >= 11 is 0. The van der Waals surface area contributed by atoms with E-state index in [1.165, 1.54) is 57.9 Å². The molecule has 0 unspecified atom stereocenters. The maximum atomic E-state index is 5.49. The van der Waals surface area contributed by atoms with Crippen molar-refractivity contribution in [1.82, 2.24) is 4.90 Å². The zero-order valence-corrected chi connectivity index (χ0v) is 11.3. The summed E-state index contributed by atoms with van der Waals surface area (Å²) in [6.07, 6.45) is 10.9. The highest BCUT2D eigenvalue weighted by Gasteiger charge is 2.20. The summed E-state index contributed by atoms with van der Waals surface area (Å²) in [4.78, 5) is 2.59. The van der Waals surface area contributed by atoms with Gasteiger partial charge in [-0.2, -0.15) is 0 Å². The number of nitrogens with zero attached hydrogens (tertiary/aromatic N) is 1. The number of unbranched alkanes of at least 4 members (excludes halogenated alkanes) is 3. The average molecular weight is 226 g/mol. The van der Waals surface area contributed by atoms with E-state index in [4.69, 9.17) is 5.73 Å². The van der Waals surface area contributed by atoms with Crippen molar-refractivity contribution in [2.75, 3.05) is 20.1 Å². The van der Waals surface area contributed by atoms with Crippen LogP contribution in [0.15, 0.2) is 0 Å². The fourth-order valence-electron chi connectivity index (χ4n) is 2.72. The number of hydrogen-bond donors (Lipinski definition) is 1. The Kier molecular flexibility index (Phi) is 7.06. The first-order valence-electron chi connectivity index (χ1n) is 7.14. The number of nitrogens with two attached hydrogens (primary N) is 1. The van der Waals surface area contributed by atoms with Gasteiger partial charge >= 0.3 is 0 Å². The SMILES string of the molecule is CC1CCC(N(C)CCCCCCN)CC1. The van der Waals surface area contributed by atoms with Crippen molar-refractivity contribution in [2.45, 2.75) is 64.3 Å². The standard InChI is InChI=1S/C14H30N2/c1-13-7-9-14(10-8-13)16(2)12-6-4-3-5-11-15/h13-14H,3-12,15H2,1-2H3. The smallest absolute Gasteiger partial charge is 0.00924 e. The van der Waals surface area contributed by atoms with Crippen LogP contribution in [0, 0.1) is 5.92 Å². The maximum Gasteiger partial charge on any atom is 0.00924 e. The summed E-state index contributed by atoms with van der Waals surface area (Å²) in [5, 5.41) is 0. The molecule has 1 fully saturated rings. The molecule has 1 aliphatic carbocycles. The van der Waals surface area contributed by atoms with E-state index in [0.717, 1.165) is 18.5 Å². The van der Waals surface area contributed by atoms with Crippen LogP contribution < -0.4 is 5.73 Å². The van der Waals surface area contributed by atoms with E-state index in [9.17, 15) is 0 Å². The van der Waals surface area contributed by atoms with Gasteiger partial charge in [0, 0.05) is 6.04 Å². The Morgan fingerprint density at radius 3 is 2.25 bits per heavy atom. The van der Waals surface area contributed by atoms with Crippen LogP contribution in [-0.2, 0) is 0 Å². The summed E-state index contributed by atoms with van der Waals surface area (Å²) in [5.74, 6) is 0.967. The molecule has 0 aromatic carbocycles. The summed E-state index contributed by atoms with van der Waals surface area (Å²) in [7, 11) is 2.31. The van der Waals surface area contributed by atoms with E-state index in [0.29, 0.717) is 0 Å². The van der Waals surface area contributed by atoms with E-state index in [2.05, 4.69) is 18.9 Å². The van der Waals surface area contributed by atoms with Crippen LogP contribution in [0.3, 0.4) is 0 Å². The van der Waals surface area contributed by atoms with Gasteiger partial charge in [-0.25, -0.2) is 0 Å². The number of rotatable bonds is 7. The van der Waals surface area contributed by atoms with Crippen LogP contribution in [0.5, 0.6) is 0 Å². The minimum atomic E-state index is 0.857. The molecular weight excluding hydrogens is 196 g/mol. The van der Waals surface area contributed by atoms with E-state index in [1.807, 2.05) is 0 Å². The van der Waals surface area contributed by atoms with Crippen LogP contribution in [-0.4, -0.2) is 31.1 Å². The zero-order valence-electron chi connectivity index (χ0n) is 11.3. The average Bonchev–Trinajstić information content (AvgIpc) is 2.29. The molecule has 0 bridgehead atoms. The molecule has 16 heavy (non-hydrogen) atoms. The van der Waals surface area contributed by atoms with Gasteiger partial charge in [-0.15, -0.1) is 0 Å². The molecular formula is C14H30N2. The van der Waals surface area contributed by atoms with Crippen LogP contribution >= 0.6 is 0 Å². The molecule has 0 heterocycles. The van der Waals surface area contributed by atoms with Crippen LogP contribution in [0.25, 0.3) is 0 Å². The van der Waals surface area contributed by atoms with Gasteiger partial charge in [0.15, 0.2) is 0 Å². The molecule has 0 aliphatic heterocycles. The third-order valence-electron chi connectivity index (χ3n) is 4.07. The molecule has 0 amide bonds. The molecule has 0 atom stereocenters. The molecule has 2 heteroatoms. The normalized spacial score (nSPS) is 26.2. The third-order valence-corrected chi connectivity index (χ3v) is 4.07. The monoisotopic (exact) mass is 226 g/mol. The first kappa shape index (κ1) is 14.0. The quantitative estimate of drug-likeness (QED) is 0.676. The van der Waals surface area contributed by atoms with Crippen molar-refractivity contribution in [3.8, 4) is 0 Å². The molecule has 1 saturated carbocycles. The molecule has 0 radical (unpaired) electrons. The topological polar surface area (TPSA) is 29.3 Å². The molecule has 0 aromatic heterocycles. The Hall–Kier alpha value is -0.0800. The molecule has 96 valence electrons. The molecule has 2 N–H and O–H groups in total. The van der Waals surface area contributed by atoms with E-state index in [1.54, 1.807) is 0 Å². The van der Waals surface area contributed by atoms with Crippen LogP contribution in [0.2, 0.25) is 0 Å². The van der Waals surface area contributed by atoms with Gasteiger partial charge in [-0.05, 0) is 64.6 Å². The lowest BCUT2D eigenvalue weighted by Crippen LogP contribution is -2.35. The summed E-state index contributed by atoms with van der Waals surface area (Å²) in [6.45, 7) is 4.53. The lowest BCUT2D eigenvalue weighted by molar-refractivity contribution is 0.167. The molecule has 0 saturated heterocycles. The number of hydrogen-bond acceptors (Lipinski definition) is 2. The maximum absolute atomic E-state index is 5.49. The van der Waals surface area contributed by atoms with Gasteiger partial charge in [-0.1, -0.05) is 19.8 Å². The van der Waals surface area contributed by atoms with Crippen LogP contribution in [0.4, 0.5) is 0 Å². The second-order valence-electron chi connectivity index (χ2n) is 5.60. The van der Waals surface area contributed by atoms with Gasteiger partial charge in [0.25, 0.3) is 0 Å². The predicted molar refractivity (Wildman–Crippen MR) is 71.6 cm³/mol. The summed E-state index contributed by atoms with van der Waals surface area (Å²) in [6, 6.07) is 0.866. The molecule has 1 aliphatic rings. The van der Waals surface area contributed by atoms with Gasteiger partial charge < -0.3 is 10.6 Å². The minimum absolute atomic E-state index is 0.857. The molecule has 2 nitrogen and oxygen atoms in total. The molecule has 0 spiro atoms. The van der Waals surface area contributed by atoms with Crippen molar-refractivity contribution < 1.29 is 0 Å². The highest BCUT2D eigenvalue weighted by molar-refractivity contribution is 4.76. The Bertz CT molecular complexity index is 162. The largest absolute Gasteiger partial charge is 0.330 e. The van der Waals surface area contributed by atoms with Crippen molar-refractivity contribution >= 4 is 0 Å². The third kappa shape index (κ3) is 5.31. The van der Waals surface area contributed by atoms with Gasteiger partial charge in [0.2, 0.25) is 0 Å². The van der Waals surface area contributed by atoms with E-state index >= 15 is 0 Å². The molecule has 1 rings (SSSR count). The fraction of sp³-hybridized carbons (Fsp3) is 1.00. The summed E-state index contributed by atoms with van der Waals surface area (Å²) in [5.41, 5.74) is 5.49. The van der Waals surface area contributed by atoms with Crippen molar-refractivity contribution in [1.29, 1.82) is 0 Å². The Labute approximate surface area is 102 Å². The second-order valence-corrected chi connectivity index (χ2v) is 5.60. The Morgan fingerprint density at radius 2 is 1.62 bits per heavy atom. The Morgan fingerprint density at radius 1 is 1.00 bits per heavy atom. The van der Waals surface area contributed by atoms with Gasteiger partial charge in [0.05, 0.1) is 0 Å². The first-order chi connectivity index (χ1) is 7.74. The first-order valence-corrected chi connectivity index (χ1v) is 7.14. The lowest BCUT2D eigenvalue weighted by Gasteiger charge is -2.33.